The molecule has 3 aromatic carbocycles. The van der Waals surface area contributed by atoms with Crippen LogP contribution in [0.2, 0.25) is 0 Å². The van der Waals surface area contributed by atoms with E-state index >= 15 is 0 Å². The highest BCUT2D eigenvalue weighted by molar-refractivity contribution is 8.00. The molecular formula is C33H28N4O3S3. The van der Waals surface area contributed by atoms with Gasteiger partial charge in [0.2, 0.25) is 5.91 Å². The van der Waals surface area contributed by atoms with Gasteiger partial charge in [0.1, 0.15) is 10.6 Å². The van der Waals surface area contributed by atoms with Gasteiger partial charge in [-0.15, -0.1) is 22.7 Å². The number of aromatic nitrogens is 3. The zero-order chi connectivity index (χ0) is 29.5. The normalized spacial score (nSPS) is 13.3. The minimum absolute atomic E-state index is 0.118. The van der Waals surface area contributed by atoms with Crippen molar-refractivity contribution in [2.75, 3.05) is 12.4 Å². The highest BCUT2D eigenvalue weighted by Crippen LogP contribution is 2.37. The van der Waals surface area contributed by atoms with Crippen LogP contribution in [0.3, 0.4) is 0 Å². The third kappa shape index (κ3) is 5.35. The Bertz CT molecular complexity index is 2010. The lowest BCUT2D eigenvalue weighted by atomic mass is 10.1. The van der Waals surface area contributed by atoms with Crippen LogP contribution in [-0.2, 0) is 24.1 Å². The number of hydrogen-bond acceptors (Lipinski definition) is 8. The maximum Gasteiger partial charge on any atom is 0.267 e. The number of hydrogen-bond donors (Lipinski definition) is 1. The number of nitrogens with one attached hydrogen (secondary N) is 1. The van der Waals surface area contributed by atoms with Gasteiger partial charge in [-0.2, -0.15) is 0 Å². The third-order valence-corrected chi connectivity index (χ3v) is 10.9. The van der Waals surface area contributed by atoms with Crippen molar-refractivity contribution in [3.05, 3.63) is 104 Å². The van der Waals surface area contributed by atoms with Crippen molar-refractivity contribution in [1.82, 2.24) is 14.5 Å². The number of methoxy groups -OCH3 is 1. The second-order valence-corrected chi connectivity index (χ2v) is 13.9. The van der Waals surface area contributed by atoms with Gasteiger partial charge in [0.15, 0.2) is 5.16 Å². The first-order chi connectivity index (χ1) is 21.0. The average molecular weight is 625 g/mol. The first-order valence-electron chi connectivity index (χ1n) is 14.1. The number of thioether (sulfide) groups is 1. The quantitative estimate of drug-likeness (QED) is 0.142. The highest BCUT2D eigenvalue weighted by Gasteiger charge is 2.26. The van der Waals surface area contributed by atoms with Crippen LogP contribution in [0.5, 0.6) is 5.75 Å². The molecule has 0 saturated carbocycles. The fourth-order valence-corrected chi connectivity index (χ4v) is 8.69. The Labute approximate surface area is 260 Å². The molecule has 10 heteroatoms. The summed E-state index contributed by atoms with van der Waals surface area (Å²) in [6, 6.07) is 23.4. The number of thiazole rings is 1. The van der Waals surface area contributed by atoms with E-state index in [-0.39, 0.29) is 11.5 Å². The first kappa shape index (κ1) is 27.8. The Morgan fingerprint density at radius 3 is 2.63 bits per heavy atom. The predicted molar refractivity (Wildman–Crippen MR) is 177 cm³/mol. The highest BCUT2D eigenvalue weighted by atomic mass is 32.2. The van der Waals surface area contributed by atoms with Gasteiger partial charge in [0.25, 0.3) is 5.56 Å². The summed E-state index contributed by atoms with van der Waals surface area (Å²) in [7, 11) is 1.59. The van der Waals surface area contributed by atoms with Crippen molar-refractivity contribution >= 4 is 66.5 Å². The second-order valence-electron chi connectivity index (χ2n) is 10.4. The van der Waals surface area contributed by atoms with Gasteiger partial charge in [-0.1, -0.05) is 48.2 Å². The molecule has 3 aromatic heterocycles. The lowest BCUT2D eigenvalue weighted by molar-refractivity contribution is -0.115. The van der Waals surface area contributed by atoms with Crippen LogP contribution in [0.4, 0.5) is 5.69 Å². The second kappa shape index (κ2) is 11.6. The monoisotopic (exact) mass is 624 g/mol. The summed E-state index contributed by atoms with van der Waals surface area (Å²) < 4.78 is 8.40. The number of ether oxygens (including phenoxy) is 1. The van der Waals surface area contributed by atoms with E-state index in [1.165, 1.54) is 21.3 Å². The number of benzene rings is 3. The van der Waals surface area contributed by atoms with Gasteiger partial charge in [-0.05, 0) is 73.7 Å². The standard InChI is InChI=1S/C33H28N4O3S3/c1-19(30(38)34-21-16-14-20(15-17-21)18-28-35-23-9-3-6-12-27(23)42-28)41-33-36-31-29(22-8-7-13-26(22)43-31)32(39)37(33)24-10-4-5-11-25(24)40-2/h3-6,9-12,14-17,19H,7-8,13,18H2,1-2H3,(H,34,38). The maximum absolute atomic E-state index is 14.1. The number of anilines is 1. The molecule has 0 radical (unpaired) electrons. The zero-order valence-electron chi connectivity index (χ0n) is 23.6. The van der Waals surface area contributed by atoms with Crippen LogP contribution >= 0.6 is 34.4 Å². The van der Waals surface area contributed by atoms with Crippen LogP contribution < -0.4 is 15.6 Å². The van der Waals surface area contributed by atoms with Crippen molar-refractivity contribution in [3.63, 3.8) is 0 Å². The summed E-state index contributed by atoms with van der Waals surface area (Å²) in [5.41, 5.74) is 4.47. The van der Waals surface area contributed by atoms with Gasteiger partial charge < -0.3 is 10.1 Å². The topological polar surface area (TPSA) is 86.1 Å². The van der Waals surface area contributed by atoms with Gasteiger partial charge >= 0.3 is 0 Å². The molecule has 0 aliphatic heterocycles. The van der Waals surface area contributed by atoms with E-state index in [4.69, 9.17) is 14.7 Å². The predicted octanol–water partition coefficient (Wildman–Crippen LogP) is 7.26. The molecule has 6 aromatic rings. The molecule has 0 bridgehead atoms. The molecule has 0 fully saturated rings. The molecule has 3 heterocycles. The number of aryl methyl sites for hydroxylation is 2. The van der Waals surface area contributed by atoms with Gasteiger partial charge in [-0.3, -0.25) is 14.2 Å². The van der Waals surface area contributed by atoms with E-state index in [0.29, 0.717) is 27.7 Å². The Balaban J connectivity index is 1.13. The molecule has 1 aliphatic rings. The van der Waals surface area contributed by atoms with Crippen LogP contribution in [0.25, 0.3) is 26.1 Å². The molecule has 1 amide bonds. The van der Waals surface area contributed by atoms with Crippen molar-refractivity contribution in [2.45, 2.75) is 43.0 Å². The Kier molecular flexibility index (Phi) is 7.50. The number of nitrogens with zero attached hydrogens (tertiary/aromatic N) is 3. The van der Waals surface area contributed by atoms with Crippen LogP contribution in [0, 0.1) is 0 Å². The molecule has 7 rings (SSSR count). The van der Waals surface area contributed by atoms with Gasteiger partial charge in [0, 0.05) is 17.0 Å². The first-order valence-corrected chi connectivity index (χ1v) is 16.6. The summed E-state index contributed by atoms with van der Waals surface area (Å²) in [6.45, 7) is 1.83. The number of rotatable bonds is 8. The van der Waals surface area contributed by atoms with E-state index < -0.39 is 5.25 Å². The number of fused-ring (bicyclic) bond motifs is 4. The number of thiophene rings is 1. The van der Waals surface area contributed by atoms with E-state index in [2.05, 4.69) is 11.4 Å². The fourth-order valence-electron chi connectivity index (χ4n) is 5.46. The lowest BCUT2D eigenvalue weighted by Crippen LogP contribution is -2.26. The van der Waals surface area contributed by atoms with Crippen LogP contribution in [-0.4, -0.2) is 32.8 Å². The molecule has 216 valence electrons. The molecular weight excluding hydrogens is 597 g/mol. The van der Waals surface area contributed by atoms with E-state index in [1.807, 2.05) is 73.7 Å². The Hall–Kier alpha value is -3.99. The summed E-state index contributed by atoms with van der Waals surface area (Å²) >= 11 is 4.57. The van der Waals surface area contributed by atoms with Crippen molar-refractivity contribution in [3.8, 4) is 11.4 Å². The van der Waals surface area contributed by atoms with Crippen LogP contribution in [0.15, 0.2) is 82.7 Å². The molecule has 1 atom stereocenters. The van der Waals surface area contributed by atoms with Gasteiger partial charge in [0.05, 0.1) is 38.7 Å². The summed E-state index contributed by atoms with van der Waals surface area (Å²) in [5.74, 6) is 0.404. The molecule has 7 nitrogen and oxygen atoms in total. The molecule has 1 N–H and O–H groups in total. The fraction of sp³-hybridized carbons (Fsp3) is 0.212. The van der Waals surface area contributed by atoms with E-state index in [9.17, 15) is 9.59 Å². The largest absolute Gasteiger partial charge is 0.495 e. The lowest BCUT2D eigenvalue weighted by Gasteiger charge is -2.17. The summed E-state index contributed by atoms with van der Waals surface area (Å²) in [5, 5.41) is 4.73. The number of amides is 1. The van der Waals surface area contributed by atoms with E-state index in [1.54, 1.807) is 34.4 Å². The Morgan fingerprint density at radius 2 is 1.81 bits per heavy atom. The molecule has 43 heavy (non-hydrogen) atoms. The number of para-hydroxylation sites is 3. The summed E-state index contributed by atoms with van der Waals surface area (Å²) in [4.78, 5) is 39.1. The van der Waals surface area contributed by atoms with Crippen LogP contribution in [0.1, 0.15) is 34.4 Å². The van der Waals surface area contributed by atoms with Crippen molar-refractivity contribution < 1.29 is 9.53 Å². The third-order valence-electron chi connectivity index (χ3n) is 7.60. The number of carbonyl (C=O) groups is 1. The Morgan fingerprint density at radius 1 is 1.02 bits per heavy atom. The average Bonchev–Trinajstić information content (AvgIpc) is 3.72. The molecule has 0 saturated heterocycles. The molecule has 1 unspecified atom stereocenters. The van der Waals surface area contributed by atoms with Gasteiger partial charge in [-0.25, -0.2) is 9.97 Å². The smallest absolute Gasteiger partial charge is 0.267 e. The zero-order valence-corrected chi connectivity index (χ0v) is 26.1. The van der Waals surface area contributed by atoms with E-state index in [0.717, 1.165) is 52.2 Å². The SMILES string of the molecule is COc1ccccc1-n1c(SC(C)C(=O)Nc2ccc(Cc3nc4ccccc4s3)cc2)nc2sc3c(c2c1=O)CCC3. The van der Waals surface area contributed by atoms with Crippen molar-refractivity contribution in [2.24, 2.45) is 0 Å². The molecule has 1 aliphatic carbocycles. The minimum atomic E-state index is -0.514. The van der Waals surface area contributed by atoms with Crippen molar-refractivity contribution in [1.29, 1.82) is 0 Å². The molecule has 0 spiro atoms. The number of carbonyl (C=O) groups excluding carboxylic acids is 1. The maximum atomic E-state index is 14.1. The summed E-state index contributed by atoms with van der Waals surface area (Å²) in [6.07, 6.45) is 3.66. The minimum Gasteiger partial charge on any atom is -0.495 e.